The van der Waals surface area contributed by atoms with E-state index < -0.39 is 0 Å². The van der Waals surface area contributed by atoms with E-state index in [0.29, 0.717) is 5.92 Å². The maximum Gasteiger partial charge on any atom is 0.175 e. The minimum absolute atomic E-state index is 0.104. The molecule has 1 aromatic rings. The summed E-state index contributed by atoms with van der Waals surface area (Å²) in [5.41, 5.74) is 1.60. The standard InChI is InChI=1S/C17H30NOS/c1-4-18-20-11-10-16(15-8-6-5-7-9-15)17(20)12-13(2)14(3)19/h10-11,13-15,18-19H,4-9,12H2,1-3H3/q+1. The Morgan fingerprint density at radius 3 is 2.60 bits per heavy atom. The largest absolute Gasteiger partial charge is 0.393 e. The maximum atomic E-state index is 9.83. The molecule has 3 atom stereocenters. The number of hydrogen-bond donors (Lipinski definition) is 2. The van der Waals surface area contributed by atoms with Crippen molar-refractivity contribution in [2.45, 2.75) is 71.3 Å². The fraction of sp³-hybridized carbons (Fsp3) is 0.765. The van der Waals surface area contributed by atoms with Crippen LogP contribution in [0.3, 0.4) is 0 Å². The summed E-state index contributed by atoms with van der Waals surface area (Å²) >= 11 is 0. The van der Waals surface area contributed by atoms with Crippen molar-refractivity contribution in [3.63, 3.8) is 0 Å². The van der Waals surface area contributed by atoms with Gasteiger partial charge in [-0.05, 0) is 38.5 Å². The van der Waals surface area contributed by atoms with Crippen LogP contribution < -0.4 is 4.72 Å². The van der Waals surface area contributed by atoms with Crippen molar-refractivity contribution in [3.05, 3.63) is 21.9 Å². The third-order valence-corrected chi connectivity index (χ3v) is 6.59. The van der Waals surface area contributed by atoms with Gasteiger partial charge in [-0.1, -0.05) is 26.2 Å². The zero-order valence-electron chi connectivity index (χ0n) is 13.2. The summed E-state index contributed by atoms with van der Waals surface area (Å²) in [5.74, 6) is 1.12. The molecule has 0 saturated heterocycles. The summed E-state index contributed by atoms with van der Waals surface area (Å²) in [6, 6.07) is 2.38. The molecule has 0 spiro atoms. The van der Waals surface area contributed by atoms with Crippen molar-refractivity contribution in [3.8, 4) is 0 Å². The van der Waals surface area contributed by atoms with Crippen LogP contribution in [-0.2, 0) is 6.42 Å². The molecule has 2 nitrogen and oxygen atoms in total. The van der Waals surface area contributed by atoms with Crippen LogP contribution in [0.1, 0.15) is 69.2 Å². The molecule has 1 saturated carbocycles. The van der Waals surface area contributed by atoms with E-state index >= 15 is 0 Å². The Morgan fingerprint density at radius 1 is 1.30 bits per heavy atom. The first-order valence-corrected chi connectivity index (χ1v) is 9.48. The van der Waals surface area contributed by atoms with Crippen molar-refractivity contribution in [1.29, 1.82) is 0 Å². The average molecular weight is 296 g/mol. The number of hydrogen-bond acceptors (Lipinski definition) is 2. The Kier molecular flexibility index (Phi) is 6.06. The highest BCUT2D eigenvalue weighted by Crippen LogP contribution is 2.40. The molecule has 3 heteroatoms. The second kappa shape index (κ2) is 7.58. The maximum absolute atomic E-state index is 9.83. The number of thiophene rings is 1. The molecule has 1 heterocycles. The summed E-state index contributed by atoms with van der Waals surface area (Å²) < 4.78 is 3.61. The van der Waals surface area contributed by atoms with Crippen LogP contribution in [0.4, 0.5) is 0 Å². The van der Waals surface area contributed by atoms with Crippen LogP contribution in [0.2, 0.25) is 0 Å². The molecular weight excluding hydrogens is 266 g/mol. The Balaban J connectivity index is 2.21. The van der Waals surface area contributed by atoms with Gasteiger partial charge in [0.2, 0.25) is 0 Å². The number of aliphatic hydroxyl groups excluding tert-OH is 1. The number of aliphatic hydroxyl groups is 1. The molecule has 0 bridgehead atoms. The molecule has 1 aromatic heterocycles. The zero-order chi connectivity index (χ0) is 14.5. The Hall–Kier alpha value is -0.380. The minimum atomic E-state index is -0.220. The van der Waals surface area contributed by atoms with Crippen LogP contribution >= 0.6 is 10.7 Å². The Morgan fingerprint density at radius 2 is 2.00 bits per heavy atom. The van der Waals surface area contributed by atoms with Gasteiger partial charge in [-0.15, -0.1) is 4.72 Å². The monoisotopic (exact) mass is 296 g/mol. The predicted octanol–water partition coefficient (Wildman–Crippen LogP) is 4.61. The van der Waals surface area contributed by atoms with Crippen molar-refractivity contribution < 1.29 is 5.11 Å². The molecule has 114 valence electrons. The van der Waals surface area contributed by atoms with Gasteiger partial charge < -0.3 is 5.11 Å². The second-order valence-electron chi connectivity index (χ2n) is 6.27. The molecule has 1 fully saturated rings. The van der Waals surface area contributed by atoms with E-state index in [0.717, 1.165) is 18.9 Å². The lowest BCUT2D eigenvalue weighted by Crippen LogP contribution is -2.17. The van der Waals surface area contributed by atoms with Gasteiger partial charge in [-0.2, -0.15) is 0 Å². The number of rotatable bonds is 6. The minimum Gasteiger partial charge on any atom is -0.393 e. The molecule has 1 aliphatic carbocycles. The Labute approximate surface area is 126 Å². The van der Waals surface area contributed by atoms with Gasteiger partial charge in [0, 0.05) is 24.6 Å². The molecule has 1 aliphatic rings. The third-order valence-electron chi connectivity index (χ3n) is 4.65. The second-order valence-corrected chi connectivity index (χ2v) is 8.00. The normalized spacial score (nSPS) is 20.9. The van der Waals surface area contributed by atoms with Gasteiger partial charge in [-0.3, -0.25) is 0 Å². The van der Waals surface area contributed by atoms with E-state index in [4.69, 9.17) is 0 Å². The van der Waals surface area contributed by atoms with Crippen LogP contribution in [0.25, 0.3) is 0 Å². The van der Waals surface area contributed by atoms with Gasteiger partial charge in [0.25, 0.3) is 0 Å². The van der Waals surface area contributed by atoms with Crippen molar-refractivity contribution in [2.24, 2.45) is 5.92 Å². The first-order chi connectivity index (χ1) is 9.63. The van der Waals surface area contributed by atoms with Crippen LogP contribution in [-0.4, -0.2) is 17.8 Å². The highest BCUT2D eigenvalue weighted by molar-refractivity contribution is 7.31. The van der Waals surface area contributed by atoms with E-state index in [-0.39, 0.29) is 16.8 Å². The predicted molar refractivity (Wildman–Crippen MR) is 89.2 cm³/mol. The molecule has 3 unspecified atom stereocenters. The lowest BCUT2D eigenvalue weighted by Gasteiger charge is -2.22. The Bertz CT molecular complexity index is 407. The molecule has 0 amide bonds. The topological polar surface area (TPSA) is 32.3 Å². The zero-order valence-corrected chi connectivity index (χ0v) is 14.0. The molecule has 20 heavy (non-hydrogen) atoms. The van der Waals surface area contributed by atoms with Crippen molar-refractivity contribution in [1.82, 2.24) is 0 Å². The highest BCUT2D eigenvalue weighted by atomic mass is 32.2. The third kappa shape index (κ3) is 3.84. The summed E-state index contributed by atoms with van der Waals surface area (Å²) in [5, 5.41) is 12.2. The van der Waals surface area contributed by atoms with Crippen LogP contribution in [0, 0.1) is 5.92 Å². The molecule has 2 rings (SSSR count). The van der Waals surface area contributed by atoms with Crippen molar-refractivity contribution in [2.75, 3.05) is 11.3 Å². The number of nitrogens with one attached hydrogen (secondary N) is 1. The fourth-order valence-electron chi connectivity index (χ4n) is 3.18. The van der Waals surface area contributed by atoms with Gasteiger partial charge in [-0.25, -0.2) is 0 Å². The average Bonchev–Trinajstić information content (AvgIpc) is 2.83. The lowest BCUT2D eigenvalue weighted by molar-refractivity contribution is 0.135. The van der Waals surface area contributed by atoms with Crippen LogP contribution in [0.5, 0.6) is 0 Å². The van der Waals surface area contributed by atoms with E-state index in [1.54, 1.807) is 10.4 Å². The summed E-state index contributed by atoms with van der Waals surface area (Å²) in [6.07, 6.45) is 7.71. The quantitative estimate of drug-likeness (QED) is 0.752. The molecule has 0 aromatic carbocycles. The van der Waals surface area contributed by atoms with Gasteiger partial charge >= 0.3 is 0 Å². The first-order valence-electron chi connectivity index (χ1n) is 8.19. The fourth-order valence-corrected chi connectivity index (χ4v) is 5.14. The molecule has 2 N–H and O–H groups in total. The lowest BCUT2D eigenvalue weighted by atomic mass is 9.83. The molecular formula is C17H30NOS+. The SMILES string of the molecule is CCN[s+]1ccc(C2CCCCC2)c1CC(C)C(C)O. The van der Waals surface area contributed by atoms with Crippen molar-refractivity contribution >= 4 is 10.7 Å². The summed E-state index contributed by atoms with van der Waals surface area (Å²) in [6.45, 7) is 7.27. The first kappa shape index (κ1) is 16.0. The molecule has 0 aliphatic heterocycles. The van der Waals surface area contributed by atoms with E-state index in [2.05, 4.69) is 30.0 Å². The van der Waals surface area contributed by atoms with E-state index in [9.17, 15) is 5.11 Å². The van der Waals surface area contributed by atoms with E-state index in [1.807, 2.05) is 6.92 Å². The van der Waals surface area contributed by atoms with Gasteiger partial charge in [0.15, 0.2) is 10.3 Å². The smallest absolute Gasteiger partial charge is 0.175 e. The van der Waals surface area contributed by atoms with Gasteiger partial charge in [0.05, 0.1) is 16.8 Å². The molecule has 0 radical (unpaired) electrons. The van der Waals surface area contributed by atoms with E-state index in [1.165, 1.54) is 32.1 Å². The summed E-state index contributed by atoms with van der Waals surface area (Å²) in [7, 11) is 0.104. The van der Waals surface area contributed by atoms with Gasteiger partial charge in [0.1, 0.15) is 0 Å². The summed E-state index contributed by atoms with van der Waals surface area (Å²) in [4.78, 5) is 1.58. The van der Waals surface area contributed by atoms with Crippen LogP contribution in [0.15, 0.2) is 11.4 Å². The highest BCUT2D eigenvalue weighted by Gasteiger charge is 2.28.